The summed E-state index contributed by atoms with van der Waals surface area (Å²) in [4.78, 5) is 2.16. The molecule has 16 heavy (non-hydrogen) atoms. The molecule has 0 aliphatic heterocycles. The van der Waals surface area contributed by atoms with Crippen LogP contribution in [-0.2, 0) is 0 Å². The number of anilines is 1. The number of hydrogen-bond donors (Lipinski definition) is 0. The SMILES string of the molecule is CN(CC1(CBr)CCC1)c1cccc(F)c1. The first-order valence-electron chi connectivity index (χ1n) is 5.68. The highest BCUT2D eigenvalue weighted by atomic mass is 79.9. The van der Waals surface area contributed by atoms with E-state index in [1.165, 1.54) is 25.3 Å². The van der Waals surface area contributed by atoms with Crippen LogP contribution in [0.2, 0.25) is 0 Å². The third kappa shape index (κ3) is 2.40. The number of alkyl halides is 1. The van der Waals surface area contributed by atoms with Gasteiger partial charge in [0.1, 0.15) is 5.82 Å². The van der Waals surface area contributed by atoms with Crippen molar-refractivity contribution in [1.29, 1.82) is 0 Å². The zero-order valence-corrected chi connectivity index (χ0v) is 11.1. The largest absolute Gasteiger partial charge is 0.374 e. The summed E-state index contributed by atoms with van der Waals surface area (Å²) < 4.78 is 13.1. The van der Waals surface area contributed by atoms with Gasteiger partial charge in [-0.1, -0.05) is 28.4 Å². The third-order valence-corrected chi connectivity index (χ3v) is 4.71. The van der Waals surface area contributed by atoms with E-state index in [-0.39, 0.29) is 5.82 Å². The molecule has 0 spiro atoms. The van der Waals surface area contributed by atoms with Gasteiger partial charge in [-0.15, -0.1) is 0 Å². The van der Waals surface area contributed by atoms with Crippen molar-refractivity contribution in [3.8, 4) is 0 Å². The average Bonchev–Trinajstić information content (AvgIpc) is 2.23. The molecular weight excluding hydrogens is 269 g/mol. The molecule has 1 nitrogen and oxygen atoms in total. The maximum Gasteiger partial charge on any atom is 0.125 e. The molecule has 1 aromatic carbocycles. The van der Waals surface area contributed by atoms with Crippen LogP contribution in [-0.4, -0.2) is 18.9 Å². The molecule has 1 aromatic rings. The van der Waals surface area contributed by atoms with Crippen LogP contribution in [0.3, 0.4) is 0 Å². The van der Waals surface area contributed by atoms with E-state index in [9.17, 15) is 4.39 Å². The maximum absolute atomic E-state index is 13.1. The molecule has 1 aliphatic rings. The van der Waals surface area contributed by atoms with E-state index in [0.29, 0.717) is 5.41 Å². The first-order chi connectivity index (χ1) is 7.65. The summed E-state index contributed by atoms with van der Waals surface area (Å²) in [5.74, 6) is -0.161. The van der Waals surface area contributed by atoms with Crippen LogP contribution in [0.15, 0.2) is 24.3 Å². The second kappa shape index (κ2) is 4.74. The Bertz CT molecular complexity index is 357. The molecule has 1 saturated carbocycles. The summed E-state index contributed by atoms with van der Waals surface area (Å²) in [6.45, 7) is 1.00. The molecule has 1 fully saturated rings. The van der Waals surface area contributed by atoms with E-state index in [2.05, 4.69) is 20.8 Å². The standard InChI is InChI=1S/C13H17BrFN/c1-16(10-13(9-14)6-3-7-13)12-5-2-4-11(15)8-12/h2,4-5,8H,3,6-7,9-10H2,1H3. The van der Waals surface area contributed by atoms with Gasteiger partial charge in [0, 0.05) is 24.6 Å². The van der Waals surface area contributed by atoms with E-state index < -0.39 is 0 Å². The van der Waals surface area contributed by atoms with Gasteiger partial charge in [0.25, 0.3) is 0 Å². The summed E-state index contributed by atoms with van der Waals surface area (Å²) in [5.41, 5.74) is 1.37. The number of nitrogens with zero attached hydrogens (tertiary/aromatic N) is 1. The molecule has 0 radical (unpaired) electrons. The lowest BCUT2D eigenvalue weighted by Gasteiger charge is -2.43. The quantitative estimate of drug-likeness (QED) is 0.760. The van der Waals surface area contributed by atoms with Crippen LogP contribution in [0.5, 0.6) is 0 Å². The molecule has 0 N–H and O–H groups in total. The average molecular weight is 286 g/mol. The molecule has 2 rings (SSSR count). The Hall–Kier alpha value is -0.570. The topological polar surface area (TPSA) is 3.24 Å². The molecule has 0 atom stereocenters. The van der Waals surface area contributed by atoms with Crippen LogP contribution in [0.25, 0.3) is 0 Å². The molecule has 0 bridgehead atoms. The highest BCUT2D eigenvalue weighted by molar-refractivity contribution is 9.09. The van der Waals surface area contributed by atoms with Gasteiger partial charge in [-0.25, -0.2) is 4.39 Å². The van der Waals surface area contributed by atoms with Gasteiger partial charge in [0.2, 0.25) is 0 Å². The van der Waals surface area contributed by atoms with E-state index in [4.69, 9.17) is 0 Å². The molecule has 0 aromatic heterocycles. The lowest BCUT2D eigenvalue weighted by atomic mass is 9.70. The normalized spacial score (nSPS) is 17.9. The zero-order valence-electron chi connectivity index (χ0n) is 9.55. The minimum absolute atomic E-state index is 0.161. The molecule has 1 aliphatic carbocycles. The van der Waals surface area contributed by atoms with Crippen LogP contribution >= 0.6 is 15.9 Å². The van der Waals surface area contributed by atoms with Gasteiger partial charge >= 0.3 is 0 Å². The Morgan fingerprint density at radius 3 is 2.69 bits per heavy atom. The van der Waals surface area contributed by atoms with Gasteiger partial charge in [-0.05, 0) is 36.5 Å². The van der Waals surface area contributed by atoms with Crippen LogP contribution in [0.4, 0.5) is 10.1 Å². The lowest BCUT2D eigenvalue weighted by Crippen LogP contribution is -2.42. The summed E-state index contributed by atoms with van der Waals surface area (Å²) in [7, 11) is 2.04. The summed E-state index contributed by atoms with van der Waals surface area (Å²) in [5, 5.41) is 1.04. The lowest BCUT2D eigenvalue weighted by molar-refractivity contribution is 0.179. The molecule has 0 heterocycles. The third-order valence-electron chi connectivity index (χ3n) is 3.52. The van der Waals surface area contributed by atoms with Crippen molar-refractivity contribution >= 4 is 21.6 Å². The predicted octanol–water partition coefficient (Wildman–Crippen LogP) is 3.83. The van der Waals surface area contributed by atoms with Gasteiger partial charge in [-0.3, -0.25) is 0 Å². The highest BCUT2D eigenvalue weighted by Crippen LogP contribution is 2.43. The van der Waals surface area contributed by atoms with Gasteiger partial charge in [-0.2, -0.15) is 0 Å². The van der Waals surface area contributed by atoms with Crippen LogP contribution in [0.1, 0.15) is 19.3 Å². The van der Waals surface area contributed by atoms with Crippen molar-refractivity contribution in [2.24, 2.45) is 5.41 Å². The smallest absolute Gasteiger partial charge is 0.125 e. The second-order valence-corrected chi connectivity index (χ2v) is 5.38. The van der Waals surface area contributed by atoms with E-state index in [0.717, 1.165) is 17.6 Å². The molecule has 3 heteroatoms. The Morgan fingerprint density at radius 2 is 2.19 bits per heavy atom. The fourth-order valence-electron chi connectivity index (χ4n) is 2.32. The van der Waals surface area contributed by atoms with E-state index in [1.807, 2.05) is 13.1 Å². The van der Waals surface area contributed by atoms with Crippen molar-refractivity contribution in [1.82, 2.24) is 0 Å². The zero-order chi connectivity index (χ0) is 11.6. The molecular formula is C13H17BrFN. The Kier molecular flexibility index (Phi) is 3.53. The fraction of sp³-hybridized carbons (Fsp3) is 0.538. The molecule has 88 valence electrons. The minimum Gasteiger partial charge on any atom is -0.374 e. The number of hydrogen-bond acceptors (Lipinski definition) is 1. The summed E-state index contributed by atoms with van der Waals surface area (Å²) in [6.07, 6.45) is 3.87. The van der Waals surface area contributed by atoms with Crippen molar-refractivity contribution in [2.45, 2.75) is 19.3 Å². The maximum atomic E-state index is 13.1. The summed E-state index contributed by atoms with van der Waals surface area (Å²) in [6, 6.07) is 6.81. The first kappa shape index (κ1) is 11.9. The number of halogens is 2. The molecule has 0 amide bonds. The van der Waals surface area contributed by atoms with Crippen molar-refractivity contribution in [3.63, 3.8) is 0 Å². The van der Waals surface area contributed by atoms with Crippen molar-refractivity contribution in [2.75, 3.05) is 23.8 Å². The Labute approximate surface area is 105 Å². The second-order valence-electron chi connectivity index (χ2n) is 4.82. The monoisotopic (exact) mass is 285 g/mol. The van der Waals surface area contributed by atoms with E-state index in [1.54, 1.807) is 12.1 Å². The first-order valence-corrected chi connectivity index (χ1v) is 6.80. The van der Waals surface area contributed by atoms with E-state index >= 15 is 0 Å². The van der Waals surface area contributed by atoms with Crippen molar-refractivity contribution in [3.05, 3.63) is 30.1 Å². The van der Waals surface area contributed by atoms with Gasteiger partial charge < -0.3 is 4.90 Å². The fourth-order valence-corrected chi connectivity index (χ4v) is 3.06. The number of rotatable bonds is 4. The highest BCUT2D eigenvalue weighted by Gasteiger charge is 2.36. The molecule has 0 saturated heterocycles. The van der Waals surface area contributed by atoms with Crippen molar-refractivity contribution < 1.29 is 4.39 Å². The summed E-state index contributed by atoms with van der Waals surface area (Å²) >= 11 is 3.60. The predicted molar refractivity (Wildman–Crippen MR) is 69.7 cm³/mol. The van der Waals surface area contributed by atoms with Gasteiger partial charge in [0.05, 0.1) is 0 Å². The molecule has 0 unspecified atom stereocenters. The number of benzene rings is 1. The Balaban J connectivity index is 2.05. The van der Waals surface area contributed by atoms with Crippen LogP contribution < -0.4 is 4.90 Å². The van der Waals surface area contributed by atoms with Crippen LogP contribution in [0, 0.1) is 11.2 Å². The minimum atomic E-state index is -0.161. The van der Waals surface area contributed by atoms with Gasteiger partial charge in [0.15, 0.2) is 0 Å². The Morgan fingerprint density at radius 1 is 1.44 bits per heavy atom.